The van der Waals surface area contributed by atoms with Crippen molar-refractivity contribution in [3.8, 4) is 6.07 Å². The third kappa shape index (κ3) is 4.72. The van der Waals surface area contributed by atoms with Crippen molar-refractivity contribution in [2.45, 2.75) is 32.9 Å². The van der Waals surface area contributed by atoms with Gasteiger partial charge in [0.2, 0.25) is 0 Å². The SMILES string of the molecule is CC(C)OCCCn1c(=NC(=O)c2c(F)cccc2F)c(C#N)cc2c(=O)n3ccccc3nc21. The summed E-state index contributed by atoms with van der Waals surface area (Å²) < 4.78 is 36.8. The van der Waals surface area contributed by atoms with Crippen LogP contribution >= 0.6 is 0 Å². The van der Waals surface area contributed by atoms with Crippen LogP contribution in [0.3, 0.4) is 0 Å². The Kier molecular flexibility index (Phi) is 6.80. The molecule has 4 rings (SSSR count). The molecule has 4 aromatic rings. The van der Waals surface area contributed by atoms with Crippen molar-refractivity contribution in [1.82, 2.24) is 14.0 Å². The predicted octanol–water partition coefficient (Wildman–Crippen LogP) is 3.36. The molecule has 0 radical (unpaired) electrons. The molecule has 0 unspecified atom stereocenters. The van der Waals surface area contributed by atoms with E-state index < -0.39 is 28.7 Å². The van der Waals surface area contributed by atoms with Gasteiger partial charge in [-0.3, -0.25) is 14.0 Å². The number of hydrogen-bond acceptors (Lipinski definition) is 5. The summed E-state index contributed by atoms with van der Waals surface area (Å²) in [5.74, 6) is -3.34. The van der Waals surface area contributed by atoms with Crippen molar-refractivity contribution in [2.75, 3.05) is 6.61 Å². The minimum atomic E-state index is -1.19. The van der Waals surface area contributed by atoms with Crippen LogP contribution in [-0.4, -0.2) is 32.6 Å². The van der Waals surface area contributed by atoms with E-state index in [0.717, 1.165) is 18.2 Å². The lowest BCUT2D eigenvalue weighted by Gasteiger charge is -2.14. The molecular formula is C25H21F2N5O3. The van der Waals surface area contributed by atoms with E-state index in [2.05, 4.69) is 9.98 Å². The summed E-state index contributed by atoms with van der Waals surface area (Å²) >= 11 is 0. The number of amides is 1. The average Bonchev–Trinajstić information content (AvgIpc) is 2.82. The fourth-order valence-corrected chi connectivity index (χ4v) is 3.69. The van der Waals surface area contributed by atoms with Gasteiger partial charge in [0, 0.05) is 19.3 Å². The first kappa shape index (κ1) is 23.9. The molecule has 0 aliphatic rings. The number of hydrogen-bond donors (Lipinski definition) is 0. The van der Waals surface area contributed by atoms with E-state index in [1.165, 1.54) is 15.0 Å². The van der Waals surface area contributed by atoms with E-state index in [4.69, 9.17) is 4.74 Å². The number of carbonyl (C=O) groups excluding carboxylic acids is 1. The highest BCUT2D eigenvalue weighted by Gasteiger charge is 2.19. The zero-order valence-electron chi connectivity index (χ0n) is 19.0. The monoisotopic (exact) mass is 477 g/mol. The molecule has 3 aromatic heterocycles. The maximum atomic E-state index is 14.2. The van der Waals surface area contributed by atoms with Gasteiger partial charge in [0.25, 0.3) is 11.5 Å². The third-order valence-electron chi connectivity index (χ3n) is 5.27. The number of aryl methyl sites for hydroxylation is 1. The minimum Gasteiger partial charge on any atom is -0.379 e. The van der Waals surface area contributed by atoms with Crippen LogP contribution in [0.4, 0.5) is 8.78 Å². The van der Waals surface area contributed by atoms with Crippen LogP contribution in [0.5, 0.6) is 0 Å². The maximum absolute atomic E-state index is 14.2. The molecule has 1 aromatic carbocycles. The van der Waals surface area contributed by atoms with Crippen molar-refractivity contribution in [1.29, 1.82) is 5.26 Å². The zero-order chi connectivity index (χ0) is 25.1. The van der Waals surface area contributed by atoms with Gasteiger partial charge in [-0.25, -0.2) is 13.8 Å². The lowest BCUT2D eigenvalue weighted by molar-refractivity contribution is 0.0748. The van der Waals surface area contributed by atoms with Gasteiger partial charge >= 0.3 is 0 Å². The summed E-state index contributed by atoms with van der Waals surface area (Å²) in [6, 6.07) is 11.3. The summed E-state index contributed by atoms with van der Waals surface area (Å²) in [6.07, 6.45) is 1.98. The molecule has 0 bridgehead atoms. The highest BCUT2D eigenvalue weighted by atomic mass is 19.1. The Labute approximate surface area is 198 Å². The van der Waals surface area contributed by atoms with Gasteiger partial charge in [-0.05, 0) is 50.6 Å². The second kappa shape index (κ2) is 9.95. The first-order valence-corrected chi connectivity index (χ1v) is 10.9. The molecule has 0 aliphatic heterocycles. The Morgan fingerprint density at radius 3 is 2.63 bits per heavy atom. The van der Waals surface area contributed by atoms with Crippen LogP contribution < -0.4 is 11.0 Å². The predicted molar refractivity (Wildman–Crippen MR) is 124 cm³/mol. The van der Waals surface area contributed by atoms with E-state index >= 15 is 0 Å². The molecule has 0 saturated carbocycles. The van der Waals surface area contributed by atoms with Crippen LogP contribution in [0, 0.1) is 23.0 Å². The van der Waals surface area contributed by atoms with Crippen molar-refractivity contribution in [2.24, 2.45) is 4.99 Å². The Bertz CT molecular complexity index is 1600. The van der Waals surface area contributed by atoms with E-state index in [1.807, 2.05) is 19.9 Å². The molecule has 10 heteroatoms. The van der Waals surface area contributed by atoms with Crippen LogP contribution in [0.2, 0.25) is 0 Å². The van der Waals surface area contributed by atoms with Crippen LogP contribution in [0.25, 0.3) is 16.7 Å². The summed E-state index contributed by atoms with van der Waals surface area (Å²) in [5, 5.41) is 9.94. The Balaban J connectivity index is 2.01. The number of pyridine rings is 2. The topological polar surface area (TPSA) is 102 Å². The second-order valence-corrected chi connectivity index (χ2v) is 8.01. The van der Waals surface area contributed by atoms with Gasteiger partial charge in [-0.2, -0.15) is 10.3 Å². The van der Waals surface area contributed by atoms with Gasteiger partial charge in [-0.1, -0.05) is 12.1 Å². The number of rotatable bonds is 6. The Morgan fingerprint density at radius 1 is 1.20 bits per heavy atom. The van der Waals surface area contributed by atoms with Gasteiger partial charge in [0.05, 0.1) is 17.1 Å². The molecule has 0 N–H and O–H groups in total. The number of benzene rings is 1. The third-order valence-corrected chi connectivity index (χ3v) is 5.27. The number of aromatic nitrogens is 3. The molecule has 8 nitrogen and oxygen atoms in total. The quantitative estimate of drug-likeness (QED) is 0.313. The smallest absolute Gasteiger partial charge is 0.284 e. The van der Waals surface area contributed by atoms with Crippen molar-refractivity contribution >= 4 is 22.6 Å². The largest absolute Gasteiger partial charge is 0.379 e. The van der Waals surface area contributed by atoms with E-state index in [9.17, 15) is 23.6 Å². The number of ether oxygens (including phenoxy) is 1. The van der Waals surface area contributed by atoms with Gasteiger partial charge < -0.3 is 9.30 Å². The van der Waals surface area contributed by atoms with Crippen LogP contribution in [0.15, 0.2) is 58.4 Å². The van der Waals surface area contributed by atoms with E-state index in [-0.39, 0.29) is 34.7 Å². The van der Waals surface area contributed by atoms with E-state index in [1.54, 1.807) is 24.4 Å². The fraction of sp³-hybridized carbons (Fsp3) is 0.240. The lowest BCUT2D eigenvalue weighted by atomic mass is 10.2. The first-order valence-electron chi connectivity index (χ1n) is 10.9. The Morgan fingerprint density at radius 2 is 1.94 bits per heavy atom. The molecule has 178 valence electrons. The molecule has 35 heavy (non-hydrogen) atoms. The summed E-state index contributed by atoms with van der Waals surface area (Å²) in [6.45, 7) is 4.30. The number of fused-ring (bicyclic) bond motifs is 2. The summed E-state index contributed by atoms with van der Waals surface area (Å²) in [4.78, 5) is 34.5. The summed E-state index contributed by atoms with van der Waals surface area (Å²) in [5.41, 5.74) is -0.971. The van der Waals surface area contributed by atoms with Gasteiger partial charge in [-0.15, -0.1) is 0 Å². The van der Waals surface area contributed by atoms with Crippen LogP contribution in [0.1, 0.15) is 36.2 Å². The van der Waals surface area contributed by atoms with Crippen molar-refractivity contribution < 1.29 is 18.3 Å². The fourth-order valence-electron chi connectivity index (χ4n) is 3.69. The van der Waals surface area contributed by atoms with E-state index in [0.29, 0.717) is 18.7 Å². The first-order chi connectivity index (χ1) is 16.8. The second-order valence-electron chi connectivity index (χ2n) is 8.01. The lowest BCUT2D eigenvalue weighted by Crippen LogP contribution is -2.30. The summed E-state index contributed by atoms with van der Waals surface area (Å²) in [7, 11) is 0. The standard InChI is InChI=1S/C25H21F2N5O3/c1-15(2)35-12-6-11-32-22(30-24(33)21-18(26)7-5-8-19(21)27)16(14-28)13-17-23(32)29-20-9-3-4-10-31(20)25(17)34/h3-5,7-10,13,15H,6,11-12H2,1-2H3. The zero-order valence-corrected chi connectivity index (χ0v) is 19.0. The molecule has 0 fully saturated rings. The number of nitrogens with zero attached hydrogens (tertiary/aromatic N) is 5. The minimum absolute atomic E-state index is 0.0105. The number of halogens is 2. The normalized spacial score (nSPS) is 11.9. The maximum Gasteiger partial charge on any atom is 0.284 e. The average molecular weight is 477 g/mol. The number of carbonyl (C=O) groups is 1. The molecule has 0 atom stereocenters. The highest BCUT2D eigenvalue weighted by Crippen LogP contribution is 2.14. The highest BCUT2D eigenvalue weighted by molar-refractivity contribution is 5.95. The van der Waals surface area contributed by atoms with Crippen molar-refractivity contribution in [3.05, 3.63) is 87.3 Å². The van der Waals surface area contributed by atoms with Crippen LogP contribution in [-0.2, 0) is 11.3 Å². The molecular weight excluding hydrogens is 456 g/mol. The molecule has 0 aliphatic carbocycles. The Hall–Kier alpha value is -4.23. The molecule has 0 saturated heterocycles. The van der Waals surface area contributed by atoms with Crippen molar-refractivity contribution in [3.63, 3.8) is 0 Å². The van der Waals surface area contributed by atoms with Gasteiger partial charge in [0.1, 0.15) is 34.6 Å². The number of nitriles is 1. The molecule has 0 spiro atoms. The van der Waals surface area contributed by atoms with Gasteiger partial charge in [0.15, 0.2) is 5.49 Å². The molecule has 1 amide bonds. The molecule has 3 heterocycles.